The molecule has 0 unspecified atom stereocenters. The number of carbonyl (C=O) groups is 5. The third kappa shape index (κ3) is 4.03. The van der Waals surface area contributed by atoms with Crippen molar-refractivity contribution in [1.29, 1.82) is 0 Å². The van der Waals surface area contributed by atoms with Gasteiger partial charge in [0.25, 0.3) is 11.8 Å². The Morgan fingerprint density at radius 1 is 0.957 bits per heavy atom. The SMILES string of the molecule is COC(=O)N1C(=O)[C@H]2[C@H](CC=C3[C@H]2C[C@H]2C(=O)N(Nc4ccc(C)cc4)C(=O)[C@@]2(c2ccccc2)[C@H]3c2ccc(O)c(F)c2)C1=O. The van der Waals surface area contributed by atoms with E-state index in [0.717, 1.165) is 23.7 Å². The van der Waals surface area contributed by atoms with Gasteiger partial charge < -0.3 is 9.84 Å². The molecule has 0 spiro atoms. The highest BCUT2D eigenvalue weighted by atomic mass is 19.1. The number of nitrogens with zero attached hydrogens (tertiary/aromatic N) is 2. The number of anilines is 1. The summed E-state index contributed by atoms with van der Waals surface area (Å²) in [6, 6.07) is 19.8. The summed E-state index contributed by atoms with van der Waals surface area (Å²) in [5.74, 6) is -8.60. The summed E-state index contributed by atoms with van der Waals surface area (Å²) in [6.45, 7) is 1.91. The minimum atomic E-state index is -1.58. The van der Waals surface area contributed by atoms with Gasteiger partial charge in [-0.05, 0) is 61.1 Å². The highest BCUT2D eigenvalue weighted by molar-refractivity contribution is 6.16. The number of hydrazine groups is 1. The summed E-state index contributed by atoms with van der Waals surface area (Å²) < 4.78 is 19.8. The summed E-state index contributed by atoms with van der Waals surface area (Å²) in [5, 5.41) is 11.1. The minimum Gasteiger partial charge on any atom is -0.505 e. The Morgan fingerprint density at radius 3 is 2.35 bits per heavy atom. The van der Waals surface area contributed by atoms with Crippen molar-refractivity contribution in [3.63, 3.8) is 0 Å². The predicted molar refractivity (Wildman–Crippen MR) is 161 cm³/mol. The lowest BCUT2D eigenvalue weighted by Crippen LogP contribution is -2.53. The number of benzene rings is 3. The number of aromatic hydroxyl groups is 1. The lowest BCUT2D eigenvalue weighted by Gasteiger charge is -2.50. The Hall–Kier alpha value is -5.32. The highest BCUT2D eigenvalue weighted by Crippen LogP contribution is 2.64. The van der Waals surface area contributed by atoms with Crippen LogP contribution in [0.2, 0.25) is 0 Å². The number of amides is 5. The fraction of sp³-hybridized carbons (Fsp3) is 0.286. The van der Waals surface area contributed by atoms with Gasteiger partial charge in [-0.2, -0.15) is 9.91 Å². The Labute approximate surface area is 263 Å². The number of likely N-dealkylation sites (tertiary alicyclic amines) is 1. The van der Waals surface area contributed by atoms with Gasteiger partial charge in [0.2, 0.25) is 11.8 Å². The Kier molecular flexibility index (Phi) is 6.80. The maximum atomic E-state index is 15.1. The molecule has 6 atom stereocenters. The third-order valence-corrected chi connectivity index (χ3v) is 10.1. The summed E-state index contributed by atoms with van der Waals surface area (Å²) in [5.41, 5.74) is 4.34. The van der Waals surface area contributed by atoms with Crippen molar-refractivity contribution in [3.8, 4) is 5.75 Å². The lowest BCUT2D eigenvalue weighted by atomic mass is 9.49. The van der Waals surface area contributed by atoms with E-state index in [1.807, 2.05) is 19.1 Å². The first-order chi connectivity index (χ1) is 22.1. The molecule has 5 amide bonds. The number of imide groups is 4. The smallest absolute Gasteiger partial charge is 0.423 e. The van der Waals surface area contributed by atoms with Crippen LogP contribution in [-0.4, -0.2) is 51.8 Å². The number of phenols is 1. The fourth-order valence-corrected chi connectivity index (χ4v) is 8.10. The second-order valence-electron chi connectivity index (χ2n) is 12.3. The van der Waals surface area contributed by atoms with Crippen LogP contribution in [0.25, 0.3) is 0 Å². The third-order valence-electron chi connectivity index (χ3n) is 10.1. The molecule has 3 aromatic carbocycles. The molecule has 0 aromatic heterocycles. The number of carbonyl (C=O) groups excluding carboxylic acids is 5. The van der Waals surface area contributed by atoms with E-state index in [-0.39, 0.29) is 12.8 Å². The summed E-state index contributed by atoms with van der Waals surface area (Å²) >= 11 is 0. The molecule has 0 radical (unpaired) electrons. The van der Waals surface area contributed by atoms with Crippen LogP contribution in [0.5, 0.6) is 5.75 Å². The highest BCUT2D eigenvalue weighted by Gasteiger charge is 2.70. The summed E-state index contributed by atoms with van der Waals surface area (Å²) in [4.78, 5) is 69.6. The van der Waals surface area contributed by atoms with Gasteiger partial charge in [0.1, 0.15) is 0 Å². The molecular weight excluding hydrogens is 593 g/mol. The Bertz CT molecular complexity index is 1840. The van der Waals surface area contributed by atoms with E-state index in [1.165, 1.54) is 12.1 Å². The molecule has 2 heterocycles. The van der Waals surface area contributed by atoms with Crippen LogP contribution in [-0.2, 0) is 29.3 Å². The monoisotopic (exact) mass is 623 g/mol. The minimum absolute atomic E-state index is 0.0175. The number of ether oxygens (including phenoxy) is 1. The second kappa shape index (κ2) is 10.6. The van der Waals surface area contributed by atoms with E-state index < -0.39 is 76.3 Å². The number of phenolic OH excluding ortho intramolecular Hbond substituents is 1. The molecule has 2 saturated heterocycles. The van der Waals surface area contributed by atoms with Gasteiger partial charge in [-0.15, -0.1) is 0 Å². The molecule has 2 aliphatic heterocycles. The van der Waals surface area contributed by atoms with Gasteiger partial charge in [-0.3, -0.25) is 24.6 Å². The zero-order chi connectivity index (χ0) is 32.5. The van der Waals surface area contributed by atoms with E-state index in [1.54, 1.807) is 48.5 Å². The molecule has 7 rings (SSSR count). The fourth-order valence-electron chi connectivity index (χ4n) is 8.10. The molecule has 4 aliphatic rings. The maximum Gasteiger partial charge on any atom is 0.423 e. The molecule has 46 heavy (non-hydrogen) atoms. The van der Waals surface area contributed by atoms with Crippen molar-refractivity contribution < 1.29 is 38.2 Å². The van der Waals surface area contributed by atoms with Crippen molar-refractivity contribution in [3.05, 3.63) is 107 Å². The Morgan fingerprint density at radius 2 is 1.67 bits per heavy atom. The molecule has 2 N–H and O–H groups in total. The van der Waals surface area contributed by atoms with Crippen LogP contribution in [0.4, 0.5) is 14.9 Å². The molecule has 234 valence electrons. The van der Waals surface area contributed by atoms with Crippen LogP contribution < -0.4 is 5.43 Å². The van der Waals surface area contributed by atoms with Crippen LogP contribution in [0.1, 0.15) is 35.4 Å². The topological polar surface area (TPSA) is 133 Å². The average molecular weight is 624 g/mol. The number of fused-ring (bicyclic) bond motifs is 4. The van der Waals surface area contributed by atoms with E-state index in [9.17, 15) is 29.1 Å². The van der Waals surface area contributed by atoms with Gasteiger partial charge in [-0.1, -0.05) is 65.7 Å². The van der Waals surface area contributed by atoms with Crippen molar-refractivity contribution in [2.24, 2.45) is 23.7 Å². The first kappa shape index (κ1) is 29.4. The number of aryl methyl sites for hydroxylation is 1. The first-order valence-electron chi connectivity index (χ1n) is 15.0. The van der Waals surface area contributed by atoms with E-state index >= 15 is 4.39 Å². The van der Waals surface area contributed by atoms with Crippen LogP contribution in [0.3, 0.4) is 0 Å². The summed E-state index contributed by atoms with van der Waals surface area (Å²) in [7, 11) is 1.08. The van der Waals surface area contributed by atoms with Crippen molar-refractivity contribution in [2.45, 2.75) is 31.1 Å². The molecule has 0 bridgehead atoms. The Balaban J connectivity index is 1.45. The first-order valence-corrected chi connectivity index (χ1v) is 15.0. The van der Waals surface area contributed by atoms with Crippen molar-refractivity contribution in [2.75, 3.05) is 12.5 Å². The van der Waals surface area contributed by atoms with E-state index in [2.05, 4.69) is 5.43 Å². The maximum absolute atomic E-state index is 15.1. The van der Waals surface area contributed by atoms with Crippen molar-refractivity contribution >= 4 is 35.4 Å². The number of allylic oxidation sites excluding steroid dienone is 2. The normalized spacial score (nSPS) is 28.4. The molecule has 11 heteroatoms. The van der Waals surface area contributed by atoms with Gasteiger partial charge in [0, 0.05) is 5.92 Å². The van der Waals surface area contributed by atoms with Gasteiger partial charge in [0.05, 0.1) is 36.0 Å². The second-order valence-corrected chi connectivity index (χ2v) is 12.3. The van der Waals surface area contributed by atoms with Crippen LogP contribution in [0.15, 0.2) is 84.4 Å². The van der Waals surface area contributed by atoms with E-state index in [0.29, 0.717) is 27.3 Å². The summed E-state index contributed by atoms with van der Waals surface area (Å²) in [6.07, 6.45) is 0.818. The molecular formula is C35H30FN3O7. The molecule has 2 aliphatic carbocycles. The molecule has 3 aromatic rings. The quantitative estimate of drug-likeness (QED) is 0.319. The van der Waals surface area contributed by atoms with Gasteiger partial charge in [-0.25, -0.2) is 9.18 Å². The average Bonchev–Trinajstić information content (AvgIpc) is 3.44. The molecule has 1 saturated carbocycles. The van der Waals surface area contributed by atoms with E-state index in [4.69, 9.17) is 4.74 Å². The van der Waals surface area contributed by atoms with Gasteiger partial charge >= 0.3 is 6.09 Å². The predicted octanol–water partition coefficient (Wildman–Crippen LogP) is 4.59. The van der Waals surface area contributed by atoms with Gasteiger partial charge in [0.15, 0.2) is 11.6 Å². The number of halogens is 1. The molecule has 10 nitrogen and oxygen atoms in total. The molecule has 3 fully saturated rings. The zero-order valence-corrected chi connectivity index (χ0v) is 25.0. The standard InChI is InChI=1S/C35H30FN3O7/c1-18-8-11-21(12-9-18)37-39-31(42)25-17-24-22(13-14-23-28(24)32(43)38(30(23)41)34(45)46-2)29(19-10-15-27(40)26(36)16-19)35(25,33(39)44)20-6-4-3-5-7-20/h3-13,15-16,23-25,28-29,37,40H,14,17H2,1-2H3/t23-,24+,25-,28-,29-,35+/m0/s1. The number of nitrogens with one attached hydrogen (secondary N) is 1. The zero-order valence-electron chi connectivity index (χ0n) is 25.0. The van der Waals surface area contributed by atoms with Crippen LogP contribution >= 0.6 is 0 Å². The number of hydrogen-bond donors (Lipinski definition) is 2. The largest absolute Gasteiger partial charge is 0.505 e. The number of rotatable bonds is 4. The lowest BCUT2D eigenvalue weighted by molar-refractivity contribution is -0.140. The number of hydrogen-bond acceptors (Lipinski definition) is 8. The number of methoxy groups -OCH3 is 1. The van der Waals surface area contributed by atoms with Crippen LogP contribution in [0, 0.1) is 36.4 Å². The van der Waals surface area contributed by atoms with Crippen molar-refractivity contribution in [1.82, 2.24) is 9.91 Å².